The lowest BCUT2D eigenvalue weighted by Gasteiger charge is -2.06. The molecule has 0 atom stereocenters. The largest absolute Gasteiger partial charge is 0.423 e. The van der Waals surface area contributed by atoms with Crippen LogP contribution in [0.15, 0.2) is 46.9 Å². The molecule has 0 spiro atoms. The number of oxazole rings is 1. The molecule has 0 unspecified atom stereocenters. The van der Waals surface area contributed by atoms with E-state index in [1.807, 2.05) is 0 Å². The first-order valence-corrected chi connectivity index (χ1v) is 7.87. The molecule has 1 heterocycles. The highest BCUT2D eigenvalue weighted by atomic mass is 32.1. The first-order valence-electron chi connectivity index (χ1n) is 7.47. The maximum atomic E-state index is 13.2. The summed E-state index contributed by atoms with van der Waals surface area (Å²) < 4.78 is 18.7. The number of rotatable bonds is 3. The minimum absolute atomic E-state index is 0.0482. The van der Waals surface area contributed by atoms with Crippen LogP contribution >= 0.6 is 12.2 Å². The number of aromatic nitrogens is 1. The topological polar surface area (TPSA) is 96.3 Å². The summed E-state index contributed by atoms with van der Waals surface area (Å²) >= 11 is 5.04. The highest BCUT2D eigenvalue weighted by Gasteiger charge is 2.12. The van der Waals surface area contributed by atoms with Gasteiger partial charge in [0.2, 0.25) is 5.91 Å². The lowest BCUT2D eigenvalue weighted by molar-refractivity contribution is -0.114. The summed E-state index contributed by atoms with van der Waals surface area (Å²) in [5.74, 6) is -1.29. The molecule has 2 aromatic carbocycles. The predicted octanol–water partition coefficient (Wildman–Crippen LogP) is 3.05. The molecule has 3 aromatic rings. The first kappa shape index (κ1) is 17.5. The van der Waals surface area contributed by atoms with Crippen molar-refractivity contribution in [3.63, 3.8) is 0 Å². The Balaban J connectivity index is 1.69. The Morgan fingerprint density at radius 1 is 1.15 bits per heavy atom. The number of halogens is 1. The van der Waals surface area contributed by atoms with Crippen LogP contribution in [0.5, 0.6) is 0 Å². The molecule has 0 fully saturated rings. The Morgan fingerprint density at radius 3 is 2.69 bits per heavy atom. The molecule has 2 amide bonds. The van der Waals surface area contributed by atoms with Gasteiger partial charge in [0.25, 0.3) is 5.91 Å². The molecule has 0 bridgehead atoms. The third-order valence-corrected chi connectivity index (χ3v) is 3.45. The molecule has 9 heteroatoms. The lowest BCUT2D eigenvalue weighted by Crippen LogP contribution is -2.34. The van der Waals surface area contributed by atoms with Gasteiger partial charge < -0.3 is 9.73 Å². The van der Waals surface area contributed by atoms with E-state index in [0.29, 0.717) is 16.8 Å². The van der Waals surface area contributed by atoms with Crippen LogP contribution in [-0.4, -0.2) is 21.9 Å². The summed E-state index contributed by atoms with van der Waals surface area (Å²) in [5, 5.41) is 7.65. The van der Waals surface area contributed by atoms with Gasteiger partial charge in [0, 0.05) is 24.2 Å². The molecular formula is C17H13FN4O3S. The van der Waals surface area contributed by atoms with E-state index in [-0.39, 0.29) is 22.6 Å². The van der Waals surface area contributed by atoms with Crippen molar-refractivity contribution in [2.45, 2.75) is 6.92 Å². The average molecular weight is 372 g/mol. The van der Waals surface area contributed by atoms with Gasteiger partial charge >= 0.3 is 6.01 Å². The van der Waals surface area contributed by atoms with E-state index in [1.54, 1.807) is 18.2 Å². The molecule has 0 saturated carbocycles. The molecule has 0 radical (unpaired) electrons. The summed E-state index contributed by atoms with van der Waals surface area (Å²) in [6.07, 6.45) is 0. The number of fused-ring (bicyclic) bond motifs is 1. The molecule has 132 valence electrons. The van der Waals surface area contributed by atoms with Crippen LogP contribution in [-0.2, 0) is 4.79 Å². The van der Waals surface area contributed by atoms with Crippen molar-refractivity contribution in [3.8, 4) is 0 Å². The molecule has 0 aliphatic rings. The van der Waals surface area contributed by atoms with Crippen molar-refractivity contribution < 1.29 is 18.4 Å². The van der Waals surface area contributed by atoms with Gasteiger partial charge in [0.1, 0.15) is 11.3 Å². The third kappa shape index (κ3) is 4.19. The second kappa shape index (κ2) is 7.28. The van der Waals surface area contributed by atoms with Crippen LogP contribution in [0.3, 0.4) is 0 Å². The van der Waals surface area contributed by atoms with Crippen LogP contribution < -0.4 is 16.0 Å². The van der Waals surface area contributed by atoms with E-state index in [9.17, 15) is 14.0 Å². The van der Waals surface area contributed by atoms with Crippen molar-refractivity contribution in [1.82, 2.24) is 10.3 Å². The zero-order valence-electron chi connectivity index (χ0n) is 13.5. The highest BCUT2D eigenvalue weighted by molar-refractivity contribution is 7.80. The summed E-state index contributed by atoms with van der Waals surface area (Å²) in [6, 6.07) is 10.3. The average Bonchev–Trinajstić information content (AvgIpc) is 2.95. The normalized spacial score (nSPS) is 10.4. The lowest BCUT2D eigenvalue weighted by atomic mass is 10.2. The number of nitrogens with zero attached hydrogens (tertiary/aromatic N) is 1. The molecule has 3 rings (SSSR count). The van der Waals surface area contributed by atoms with E-state index in [0.717, 1.165) is 6.07 Å². The van der Waals surface area contributed by atoms with Crippen LogP contribution in [0.2, 0.25) is 0 Å². The zero-order chi connectivity index (χ0) is 18.7. The SMILES string of the molecule is CC(=O)Nc1ccc2nc(NC(=S)NC(=O)c3cccc(F)c3)oc2c1. The smallest absolute Gasteiger partial charge is 0.302 e. The number of thiocarbonyl (C=S) groups is 1. The molecule has 0 saturated heterocycles. The van der Waals surface area contributed by atoms with Crippen molar-refractivity contribution in [2.24, 2.45) is 0 Å². The number of carbonyl (C=O) groups is 2. The third-order valence-electron chi connectivity index (χ3n) is 3.24. The van der Waals surface area contributed by atoms with Gasteiger partial charge in [-0.1, -0.05) is 6.07 Å². The van der Waals surface area contributed by atoms with Gasteiger partial charge in [-0.25, -0.2) is 4.39 Å². The quantitative estimate of drug-likeness (QED) is 0.612. The number of nitrogens with one attached hydrogen (secondary N) is 3. The molecule has 3 N–H and O–H groups in total. The standard InChI is InChI=1S/C17H13FN4O3S/c1-9(23)19-12-5-6-13-14(8-12)25-16(20-13)22-17(26)21-15(24)10-3-2-4-11(18)7-10/h2-8H,1H3,(H,19,23)(H2,20,21,22,24,26). The molecular weight excluding hydrogens is 359 g/mol. The van der Waals surface area contributed by atoms with E-state index in [1.165, 1.54) is 25.1 Å². The Labute approximate surface area is 152 Å². The fraction of sp³-hybridized carbons (Fsp3) is 0.0588. The summed E-state index contributed by atoms with van der Waals surface area (Å²) in [6.45, 7) is 1.40. The number of carbonyl (C=O) groups excluding carboxylic acids is 2. The van der Waals surface area contributed by atoms with Gasteiger partial charge in [-0.2, -0.15) is 4.98 Å². The van der Waals surface area contributed by atoms with Crippen molar-refractivity contribution in [3.05, 3.63) is 53.8 Å². The summed E-state index contributed by atoms with van der Waals surface area (Å²) in [7, 11) is 0. The molecule has 0 aliphatic carbocycles. The van der Waals surface area contributed by atoms with Gasteiger partial charge in [-0.15, -0.1) is 0 Å². The van der Waals surface area contributed by atoms with Crippen LogP contribution in [0.25, 0.3) is 11.1 Å². The van der Waals surface area contributed by atoms with Crippen molar-refractivity contribution in [2.75, 3.05) is 10.6 Å². The van der Waals surface area contributed by atoms with Crippen molar-refractivity contribution in [1.29, 1.82) is 0 Å². The maximum absolute atomic E-state index is 13.2. The minimum atomic E-state index is -0.564. The fourth-order valence-corrected chi connectivity index (χ4v) is 2.37. The van der Waals surface area contributed by atoms with Crippen LogP contribution in [0.4, 0.5) is 16.1 Å². The second-order valence-electron chi connectivity index (χ2n) is 5.30. The Hall–Kier alpha value is -3.33. The molecule has 7 nitrogen and oxygen atoms in total. The Morgan fingerprint density at radius 2 is 1.96 bits per heavy atom. The van der Waals surface area contributed by atoms with E-state index in [4.69, 9.17) is 16.6 Å². The van der Waals surface area contributed by atoms with Crippen LogP contribution in [0.1, 0.15) is 17.3 Å². The number of amides is 2. The summed E-state index contributed by atoms with van der Waals surface area (Å²) in [4.78, 5) is 27.3. The fourth-order valence-electron chi connectivity index (χ4n) is 2.19. The van der Waals surface area contributed by atoms with E-state index in [2.05, 4.69) is 20.9 Å². The number of hydrogen-bond acceptors (Lipinski definition) is 5. The second-order valence-corrected chi connectivity index (χ2v) is 5.71. The number of hydrogen-bond donors (Lipinski definition) is 3. The van der Waals surface area contributed by atoms with Gasteiger partial charge in [0.05, 0.1) is 0 Å². The van der Waals surface area contributed by atoms with Crippen molar-refractivity contribution >= 4 is 51.9 Å². The van der Waals surface area contributed by atoms with Gasteiger partial charge in [-0.05, 0) is 42.5 Å². The van der Waals surface area contributed by atoms with Gasteiger partial charge in [-0.3, -0.25) is 20.2 Å². The summed E-state index contributed by atoms with van der Waals surface area (Å²) in [5.41, 5.74) is 1.67. The Kier molecular flexibility index (Phi) is 4.90. The molecule has 26 heavy (non-hydrogen) atoms. The Bertz CT molecular complexity index is 1020. The molecule has 0 aliphatic heterocycles. The van der Waals surface area contributed by atoms with Crippen LogP contribution in [0, 0.1) is 5.82 Å². The van der Waals surface area contributed by atoms with E-state index >= 15 is 0 Å². The van der Waals surface area contributed by atoms with E-state index < -0.39 is 11.7 Å². The minimum Gasteiger partial charge on any atom is -0.423 e. The molecule has 1 aromatic heterocycles. The maximum Gasteiger partial charge on any atom is 0.302 e. The van der Waals surface area contributed by atoms with Gasteiger partial charge in [0.15, 0.2) is 10.7 Å². The highest BCUT2D eigenvalue weighted by Crippen LogP contribution is 2.22. The number of anilines is 2. The predicted molar refractivity (Wildman–Crippen MR) is 98.4 cm³/mol. The monoisotopic (exact) mass is 372 g/mol. The zero-order valence-corrected chi connectivity index (χ0v) is 14.3. The number of benzene rings is 2. The first-order chi connectivity index (χ1) is 12.4.